The highest BCUT2D eigenvalue weighted by atomic mass is 32.1. The fourth-order valence-corrected chi connectivity index (χ4v) is 3.15. The lowest BCUT2D eigenvalue weighted by Crippen LogP contribution is -2.50. The highest BCUT2D eigenvalue weighted by molar-refractivity contribution is 7.80. The summed E-state index contributed by atoms with van der Waals surface area (Å²) in [4.78, 5) is 15.2. The molecule has 0 aromatic heterocycles. The topological polar surface area (TPSA) is 58.4 Å². The van der Waals surface area contributed by atoms with Crippen molar-refractivity contribution in [3.63, 3.8) is 0 Å². The molecule has 0 aromatic rings. The van der Waals surface area contributed by atoms with E-state index in [2.05, 4.69) is 31.1 Å². The van der Waals surface area contributed by atoms with Crippen LogP contribution >= 0.6 is 12.2 Å². The van der Waals surface area contributed by atoms with Gasteiger partial charge in [-0.15, -0.1) is 0 Å². The fraction of sp³-hybridized carbons (Fsp3) is 0.875. The Morgan fingerprint density at radius 3 is 2.43 bits per heavy atom. The van der Waals surface area contributed by atoms with Gasteiger partial charge >= 0.3 is 0 Å². The van der Waals surface area contributed by atoms with Gasteiger partial charge in [0, 0.05) is 12.6 Å². The average molecular weight is 314 g/mol. The van der Waals surface area contributed by atoms with Gasteiger partial charge in [-0.25, -0.2) is 0 Å². The van der Waals surface area contributed by atoms with Crippen LogP contribution in [-0.2, 0) is 4.79 Å². The van der Waals surface area contributed by atoms with Gasteiger partial charge in [0.1, 0.15) is 0 Å². The summed E-state index contributed by atoms with van der Waals surface area (Å²) in [6.45, 7) is 6.16. The number of carbonyl (C=O) groups is 1. The summed E-state index contributed by atoms with van der Waals surface area (Å²) in [5.41, 5.74) is 5.29. The van der Waals surface area contributed by atoms with Crippen molar-refractivity contribution >= 4 is 23.1 Å². The van der Waals surface area contributed by atoms with Crippen LogP contribution in [0.15, 0.2) is 0 Å². The standard InChI is InChI=1S/C16H31N3OS/c1-13(2)19(3)12-8-7-11-18-15(20)16(14(17)21)9-5-4-6-10-16/h13H,4-12H2,1-3H3,(H2,17,21)(H,18,20). The number of nitrogens with zero attached hydrogens (tertiary/aromatic N) is 1. The second-order valence-electron chi connectivity index (χ2n) is 6.54. The van der Waals surface area contributed by atoms with E-state index in [1.165, 1.54) is 6.42 Å². The van der Waals surface area contributed by atoms with E-state index >= 15 is 0 Å². The van der Waals surface area contributed by atoms with Crippen LogP contribution in [-0.4, -0.2) is 42.0 Å². The highest BCUT2D eigenvalue weighted by Crippen LogP contribution is 2.36. The highest BCUT2D eigenvalue weighted by Gasteiger charge is 2.41. The molecule has 5 heteroatoms. The molecule has 3 N–H and O–H groups in total. The molecule has 4 nitrogen and oxygen atoms in total. The van der Waals surface area contributed by atoms with E-state index in [1.807, 2.05) is 0 Å². The molecule has 1 amide bonds. The number of carbonyl (C=O) groups excluding carboxylic acids is 1. The Kier molecular flexibility index (Phi) is 7.60. The Morgan fingerprint density at radius 1 is 1.29 bits per heavy atom. The molecule has 0 aromatic carbocycles. The monoisotopic (exact) mass is 313 g/mol. The van der Waals surface area contributed by atoms with E-state index < -0.39 is 5.41 Å². The molecule has 1 rings (SSSR count). The van der Waals surface area contributed by atoms with E-state index in [-0.39, 0.29) is 5.91 Å². The van der Waals surface area contributed by atoms with Gasteiger partial charge in [0.05, 0.1) is 10.4 Å². The summed E-state index contributed by atoms with van der Waals surface area (Å²) in [7, 11) is 2.13. The first-order chi connectivity index (χ1) is 9.90. The molecule has 1 saturated carbocycles. The van der Waals surface area contributed by atoms with Crippen molar-refractivity contribution in [3.05, 3.63) is 0 Å². The van der Waals surface area contributed by atoms with E-state index in [0.717, 1.165) is 51.6 Å². The maximum atomic E-state index is 12.5. The van der Waals surface area contributed by atoms with Crippen molar-refractivity contribution < 1.29 is 4.79 Å². The zero-order valence-corrected chi connectivity index (χ0v) is 14.6. The third-order valence-corrected chi connectivity index (χ3v) is 5.11. The molecular weight excluding hydrogens is 282 g/mol. The fourth-order valence-electron chi connectivity index (χ4n) is 2.86. The third kappa shape index (κ3) is 5.22. The first-order valence-electron chi connectivity index (χ1n) is 8.18. The van der Waals surface area contributed by atoms with Gasteiger partial charge in [-0.1, -0.05) is 31.5 Å². The van der Waals surface area contributed by atoms with Crippen molar-refractivity contribution in [2.24, 2.45) is 11.1 Å². The van der Waals surface area contributed by atoms with Crippen LogP contribution in [0.25, 0.3) is 0 Å². The Bertz CT molecular complexity index is 351. The molecule has 0 radical (unpaired) electrons. The van der Waals surface area contributed by atoms with Crippen molar-refractivity contribution in [1.82, 2.24) is 10.2 Å². The van der Waals surface area contributed by atoms with Crippen molar-refractivity contribution in [2.75, 3.05) is 20.1 Å². The molecule has 0 aliphatic heterocycles. The lowest BCUT2D eigenvalue weighted by Gasteiger charge is -2.34. The number of nitrogens with two attached hydrogens (primary N) is 1. The van der Waals surface area contributed by atoms with E-state index in [4.69, 9.17) is 18.0 Å². The third-order valence-electron chi connectivity index (χ3n) is 4.72. The predicted octanol–water partition coefficient (Wildman–Crippen LogP) is 2.46. The number of amides is 1. The lowest BCUT2D eigenvalue weighted by atomic mass is 9.73. The number of hydrogen-bond acceptors (Lipinski definition) is 3. The molecule has 0 bridgehead atoms. The predicted molar refractivity (Wildman–Crippen MR) is 92.3 cm³/mol. The summed E-state index contributed by atoms with van der Waals surface area (Å²) in [5.74, 6) is 0.0481. The minimum absolute atomic E-state index is 0.0481. The molecule has 0 atom stereocenters. The molecular formula is C16H31N3OS. The smallest absolute Gasteiger partial charge is 0.233 e. The second-order valence-corrected chi connectivity index (χ2v) is 6.98. The van der Waals surface area contributed by atoms with Crippen LogP contribution in [0, 0.1) is 5.41 Å². The molecule has 1 aliphatic carbocycles. The number of rotatable bonds is 8. The van der Waals surface area contributed by atoms with Gasteiger partial charge in [-0.05, 0) is 53.1 Å². The Hall–Kier alpha value is -0.680. The van der Waals surface area contributed by atoms with Crippen LogP contribution in [0.3, 0.4) is 0 Å². The summed E-state index contributed by atoms with van der Waals surface area (Å²) in [6, 6.07) is 0.569. The Labute approximate surface area is 134 Å². The molecule has 21 heavy (non-hydrogen) atoms. The van der Waals surface area contributed by atoms with E-state index in [1.54, 1.807) is 0 Å². The van der Waals surface area contributed by atoms with Crippen LogP contribution in [0.1, 0.15) is 58.8 Å². The summed E-state index contributed by atoms with van der Waals surface area (Å²) < 4.78 is 0. The Morgan fingerprint density at radius 2 is 1.90 bits per heavy atom. The minimum atomic E-state index is -0.581. The van der Waals surface area contributed by atoms with Crippen molar-refractivity contribution in [1.29, 1.82) is 0 Å². The van der Waals surface area contributed by atoms with Crippen LogP contribution < -0.4 is 11.1 Å². The van der Waals surface area contributed by atoms with Crippen molar-refractivity contribution in [3.8, 4) is 0 Å². The van der Waals surface area contributed by atoms with Gasteiger partial charge < -0.3 is 16.0 Å². The molecule has 0 saturated heterocycles. The molecule has 122 valence electrons. The number of unbranched alkanes of at least 4 members (excludes halogenated alkanes) is 1. The van der Waals surface area contributed by atoms with Gasteiger partial charge in [-0.3, -0.25) is 4.79 Å². The van der Waals surface area contributed by atoms with E-state index in [9.17, 15) is 4.79 Å². The molecule has 1 fully saturated rings. The molecule has 0 spiro atoms. The van der Waals surface area contributed by atoms with Gasteiger partial charge in [0.2, 0.25) is 5.91 Å². The normalized spacial score (nSPS) is 18.0. The second kappa shape index (κ2) is 8.69. The van der Waals surface area contributed by atoms with Crippen LogP contribution in [0.2, 0.25) is 0 Å². The summed E-state index contributed by atoms with van der Waals surface area (Å²) >= 11 is 5.18. The maximum absolute atomic E-state index is 12.5. The number of hydrogen-bond donors (Lipinski definition) is 2. The SMILES string of the molecule is CC(C)N(C)CCCCNC(=O)C1(C(N)=S)CCCCC1. The quantitative estimate of drug-likeness (QED) is 0.534. The van der Waals surface area contributed by atoms with Crippen LogP contribution in [0.5, 0.6) is 0 Å². The zero-order chi connectivity index (χ0) is 15.9. The zero-order valence-electron chi connectivity index (χ0n) is 13.8. The summed E-state index contributed by atoms with van der Waals surface area (Å²) in [5, 5.41) is 3.05. The molecule has 0 unspecified atom stereocenters. The van der Waals surface area contributed by atoms with Gasteiger partial charge in [0.25, 0.3) is 0 Å². The largest absolute Gasteiger partial charge is 0.392 e. The lowest BCUT2D eigenvalue weighted by molar-refractivity contribution is -0.128. The number of nitrogens with one attached hydrogen (secondary N) is 1. The molecule has 1 aliphatic rings. The first-order valence-corrected chi connectivity index (χ1v) is 8.59. The summed E-state index contributed by atoms with van der Waals surface area (Å²) in [6.07, 6.45) is 6.98. The Balaban J connectivity index is 2.33. The number of thiocarbonyl (C=S) groups is 1. The first kappa shape index (κ1) is 18.4. The van der Waals surface area contributed by atoms with Gasteiger partial charge in [-0.2, -0.15) is 0 Å². The maximum Gasteiger partial charge on any atom is 0.233 e. The average Bonchev–Trinajstić information content (AvgIpc) is 2.46. The van der Waals surface area contributed by atoms with E-state index in [0.29, 0.717) is 11.0 Å². The molecule has 0 heterocycles. The van der Waals surface area contributed by atoms with Crippen molar-refractivity contribution in [2.45, 2.75) is 64.8 Å². The van der Waals surface area contributed by atoms with Crippen LogP contribution in [0.4, 0.5) is 0 Å². The van der Waals surface area contributed by atoms with Gasteiger partial charge in [0.15, 0.2) is 0 Å². The minimum Gasteiger partial charge on any atom is -0.392 e.